The second-order valence-electron chi connectivity index (χ2n) is 5.09. The summed E-state index contributed by atoms with van der Waals surface area (Å²) in [6, 6.07) is 2.77. The van der Waals surface area contributed by atoms with Gasteiger partial charge in [0.25, 0.3) is 0 Å². The highest BCUT2D eigenvalue weighted by molar-refractivity contribution is 5.80. The average molecular weight is 290 g/mol. The van der Waals surface area contributed by atoms with E-state index in [9.17, 15) is 18.0 Å². The van der Waals surface area contributed by atoms with Gasteiger partial charge in [-0.05, 0) is 25.0 Å². The number of carbonyl (C=O) groups excluding carboxylic acids is 1. The quantitative estimate of drug-likeness (QED) is 0.925. The maximum Gasteiger partial charge on any atom is 0.406 e. The van der Waals surface area contributed by atoms with Crippen molar-refractivity contribution in [3.8, 4) is 0 Å². The van der Waals surface area contributed by atoms with E-state index in [0.29, 0.717) is 18.6 Å². The summed E-state index contributed by atoms with van der Waals surface area (Å²) < 4.78 is 42.9. The number of nitrogens with zero attached hydrogens (tertiary/aromatic N) is 1. The van der Waals surface area contributed by atoms with E-state index < -0.39 is 24.5 Å². The summed E-state index contributed by atoms with van der Waals surface area (Å²) in [6.07, 6.45) is -1.07. The Kier molecular flexibility index (Phi) is 4.37. The molecule has 1 aromatic rings. The molecule has 0 aromatic carbocycles. The molecule has 0 saturated heterocycles. The molecular weight excluding hydrogens is 273 g/mol. The monoisotopic (exact) mass is 290 g/mol. The van der Waals surface area contributed by atoms with Crippen LogP contribution in [0.3, 0.4) is 0 Å². The number of amides is 1. The van der Waals surface area contributed by atoms with Crippen molar-refractivity contribution in [1.29, 1.82) is 0 Å². The van der Waals surface area contributed by atoms with Crippen LogP contribution in [0.1, 0.15) is 25.0 Å². The largest absolute Gasteiger partial charge is 0.467 e. The van der Waals surface area contributed by atoms with E-state index in [1.165, 1.54) is 6.26 Å². The minimum Gasteiger partial charge on any atom is -0.467 e. The third-order valence-electron chi connectivity index (χ3n) is 3.50. The highest BCUT2D eigenvalue weighted by Gasteiger charge is 2.38. The Morgan fingerprint density at radius 2 is 2.20 bits per heavy atom. The van der Waals surface area contributed by atoms with Crippen molar-refractivity contribution in [1.82, 2.24) is 4.90 Å². The molecule has 1 heterocycles. The summed E-state index contributed by atoms with van der Waals surface area (Å²) in [5, 5.41) is 0. The predicted octanol–water partition coefficient (Wildman–Crippen LogP) is 2.30. The first-order valence-electron chi connectivity index (χ1n) is 6.50. The van der Waals surface area contributed by atoms with Crippen LogP contribution in [-0.4, -0.2) is 29.6 Å². The Balaban J connectivity index is 2.10. The van der Waals surface area contributed by atoms with Gasteiger partial charge in [0.2, 0.25) is 5.91 Å². The van der Waals surface area contributed by atoms with Gasteiger partial charge in [0.1, 0.15) is 12.3 Å². The van der Waals surface area contributed by atoms with E-state index in [1.807, 2.05) is 0 Å². The molecule has 4 nitrogen and oxygen atoms in total. The summed E-state index contributed by atoms with van der Waals surface area (Å²) in [4.78, 5) is 13.1. The lowest BCUT2D eigenvalue weighted by molar-refractivity contribution is -0.165. The van der Waals surface area contributed by atoms with Gasteiger partial charge in [-0.15, -0.1) is 0 Å². The Morgan fingerprint density at radius 1 is 1.45 bits per heavy atom. The molecule has 2 atom stereocenters. The fraction of sp³-hybridized carbons (Fsp3) is 0.615. The standard InChI is InChI=1S/C13H17F3N2O2/c14-13(15,16)8-18(7-9-3-2-6-20-9)12(19)10-4-1-5-11(10)17/h2-3,6,10-11H,1,4-5,7-8,17H2. The van der Waals surface area contributed by atoms with Crippen LogP contribution in [-0.2, 0) is 11.3 Å². The van der Waals surface area contributed by atoms with E-state index >= 15 is 0 Å². The van der Waals surface area contributed by atoms with Gasteiger partial charge in [0.15, 0.2) is 0 Å². The number of furan rings is 1. The van der Waals surface area contributed by atoms with Gasteiger partial charge in [-0.2, -0.15) is 13.2 Å². The first kappa shape index (κ1) is 14.9. The lowest BCUT2D eigenvalue weighted by Gasteiger charge is -2.27. The Bertz CT molecular complexity index is 445. The van der Waals surface area contributed by atoms with Crippen LogP contribution < -0.4 is 5.73 Å². The first-order valence-corrected chi connectivity index (χ1v) is 6.50. The van der Waals surface area contributed by atoms with E-state index in [1.54, 1.807) is 12.1 Å². The zero-order valence-corrected chi connectivity index (χ0v) is 10.9. The molecule has 112 valence electrons. The number of hydrogen-bond donors (Lipinski definition) is 1. The van der Waals surface area contributed by atoms with Crippen LogP contribution in [0, 0.1) is 5.92 Å². The van der Waals surface area contributed by atoms with Crippen molar-refractivity contribution in [2.45, 2.75) is 38.0 Å². The molecule has 1 aromatic heterocycles. The molecule has 20 heavy (non-hydrogen) atoms. The SMILES string of the molecule is NC1CCCC1C(=O)N(Cc1ccco1)CC(F)(F)F. The van der Waals surface area contributed by atoms with Crippen LogP contribution >= 0.6 is 0 Å². The molecule has 2 N–H and O–H groups in total. The van der Waals surface area contributed by atoms with Crippen LogP contribution in [0.25, 0.3) is 0 Å². The molecule has 1 aliphatic carbocycles. The molecule has 1 saturated carbocycles. The zero-order valence-electron chi connectivity index (χ0n) is 10.9. The normalized spacial score (nSPS) is 23.0. The second-order valence-corrected chi connectivity index (χ2v) is 5.09. The summed E-state index contributed by atoms with van der Waals surface area (Å²) in [5.74, 6) is -0.731. The smallest absolute Gasteiger partial charge is 0.406 e. The van der Waals surface area contributed by atoms with E-state index in [-0.39, 0.29) is 12.6 Å². The summed E-state index contributed by atoms with van der Waals surface area (Å²) in [5.41, 5.74) is 5.80. The van der Waals surface area contributed by atoms with Crippen molar-refractivity contribution in [2.24, 2.45) is 11.7 Å². The highest BCUT2D eigenvalue weighted by Crippen LogP contribution is 2.28. The molecule has 0 bridgehead atoms. The van der Waals surface area contributed by atoms with Gasteiger partial charge in [0, 0.05) is 6.04 Å². The van der Waals surface area contributed by atoms with Gasteiger partial charge in [-0.3, -0.25) is 4.79 Å². The molecule has 1 amide bonds. The van der Waals surface area contributed by atoms with Gasteiger partial charge in [0.05, 0.1) is 18.7 Å². The van der Waals surface area contributed by atoms with Crippen molar-refractivity contribution < 1.29 is 22.4 Å². The number of alkyl halides is 3. The third-order valence-corrected chi connectivity index (χ3v) is 3.50. The Hall–Kier alpha value is -1.50. The topological polar surface area (TPSA) is 59.5 Å². The number of carbonyl (C=O) groups is 1. The summed E-state index contributed by atoms with van der Waals surface area (Å²) >= 11 is 0. The van der Waals surface area contributed by atoms with Gasteiger partial charge >= 0.3 is 6.18 Å². The van der Waals surface area contributed by atoms with Crippen LogP contribution in [0.2, 0.25) is 0 Å². The van der Waals surface area contributed by atoms with Crippen LogP contribution in [0.4, 0.5) is 13.2 Å². The molecule has 7 heteroatoms. The highest BCUT2D eigenvalue weighted by atomic mass is 19.4. The summed E-state index contributed by atoms with van der Waals surface area (Å²) in [7, 11) is 0. The molecular formula is C13H17F3N2O2. The molecule has 1 aliphatic rings. The lowest BCUT2D eigenvalue weighted by atomic mass is 10.0. The molecule has 1 fully saturated rings. The van der Waals surface area contributed by atoms with Crippen molar-refractivity contribution in [3.63, 3.8) is 0 Å². The predicted molar refractivity (Wildman–Crippen MR) is 65.5 cm³/mol. The molecule has 2 rings (SSSR count). The number of hydrogen-bond acceptors (Lipinski definition) is 3. The first-order chi connectivity index (χ1) is 9.37. The molecule has 0 aliphatic heterocycles. The summed E-state index contributed by atoms with van der Waals surface area (Å²) in [6.45, 7) is -1.47. The molecule has 0 spiro atoms. The van der Waals surface area contributed by atoms with Crippen LogP contribution in [0.15, 0.2) is 22.8 Å². The van der Waals surface area contributed by atoms with Crippen molar-refractivity contribution >= 4 is 5.91 Å². The maximum atomic E-state index is 12.6. The number of nitrogens with two attached hydrogens (primary N) is 1. The Morgan fingerprint density at radius 3 is 2.70 bits per heavy atom. The molecule has 0 radical (unpaired) electrons. The minimum absolute atomic E-state index is 0.186. The fourth-order valence-corrected chi connectivity index (χ4v) is 2.55. The van der Waals surface area contributed by atoms with E-state index in [4.69, 9.17) is 10.2 Å². The van der Waals surface area contributed by atoms with Crippen molar-refractivity contribution in [2.75, 3.05) is 6.54 Å². The maximum absolute atomic E-state index is 12.6. The lowest BCUT2D eigenvalue weighted by Crippen LogP contribution is -2.45. The van der Waals surface area contributed by atoms with E-state index in [2.05, 4.69) is 0 Å². The average Bonchev–Trinajstić information content (AvgIpc) is 2.97. The van der Waals surface area contributed by atoms with Crippen LogP contribution in [0.5, 0.6) is 0 Å². The Labute approximate surface area is 114 Å². The second kappa shape index (κ2) is 5.87. The van der Waals surface area contributed by atoms with E-state index in [0.717, 1.165) is 11.3 Å². The zero-order chi connectivity index (χ0) is 14.8. The van der Waals surface area contributed by atoms with Gasteiger partial charge in [-0.1, -0.05) is 6.42 Å². The molecule has 2 unspecified atom stereocenters. The van der Waals surface area contributed by atoms with Crippen molar-refractivity contribution in [3.05, 3.63) is 24.2 Å². The van der Waals surface area contributed by atoms with Gasteiger partial charge < -0.3 is 15.1 Å². The van der Waals surface area contributed by atoms with Gasteiger partial charge in [-0.25, -0.2) is 0 Å². The number of rotatable bonds is 4. The fourth-order valence-electron chi connectivity index (χ4n) is 2.55. The minimum atomic E-state index is -4.44. The number of halogens is 3. The third kappa shape index (κ3) is 3.75.